The van der Waals surface area contributed by atoms with Crippen LogP contribution >= 0.6 is 0 Å². The number of ether oxygens (including phenoxy) is 2. The molecular weight excluding hydrogens is 819 g/mol. The van der Waals surface area contributed by atoms with E-state index in [-0.39, 0.29) is 53.8 Å². The van der Waals surface area contributed by atoms with Gasteiger partial charge in [-0.25, -0.2) is 4.79 Å². The predicted octanol–water partition coefficient (Wildman–Crippen LogP) is 5.73. The van der Waals surface area contributed by atoms with E-state index >= 15 is 0 Å². The van der Waals surface area contributed by atoms with Crippen molar-refractivity contribution in [1.29, 1.82) is 0 Å². The Kier molecular flexibility index (Phi) is 16.2. The first-order chi connectivity index (χ1) is 30.7. The quantitative estimate of drug-likeness (QED) is 0.125. The first-order valence-electron chi connectivity index (χ1n) is 22.8. The number of likely N-dealkylation sites (tertiary alicyclic amines) is 2. The molecule has 2 aliphatic heterocycles. The minimum atomic E-state index is -1.12. The molecule has 3 heterocycles. The number of methoxy groups -OCH3 is 2. The molecule has 1 saturated carbocycles. The summed E-state index contributed by atoms with van der Waals surface area (Å²) in [6.07, 6.45) is 2.07. The predicted molar refractivity (Wildman–Crippen MR) is 238 cm³/mol. The number of benzene rings is 2. The van der Waals surface area contributed by atoms with Crippen LogP contribution in [0.1, 0.15) is 97.1 Å². The van der Waals surface area contributed by atoms with Gasteiger partial charge in [0.25, 0.3) is 0 Å². The zero-order chi connectivity index (χ0) is 46.2. The Labute approximate surface area is 376 Å². The van der Waals surface area contributed by atoms with Crippen LogP contribution in [0.3, 0.4) is 0 Å². The number of aromatic nitrogens is 2. The van der Waals surface area contributed by atoms with Crippen molar-refractivity contribution in [3.8, 4) is 11.5 Å². The monoisotopic (exact) mass is 886 g/mol. The molecule has 348 valence electrons. The minimum Gasteiger partial charge on any atom is -0.465 e. The standard InChI is InChI=1S/C48H67N7O9/c1-9-29(4)40(53(6)47(59)39(28(2)3)50-44(58)41-33-22-23-34(26-33)55(41)48(60)61)37(62-7)27-38(56)54-24-16-21-36(54)42(63-8)30(5)43(57)49-35(25-31-17-12-10-13-18-31)46-52-51-45(64-46)32-19-14-11-15-20-32/h10-15,17-20,28-30,33-37,39-42H,9,16,21-27H2,1-8H3,(H,49,57)(H,50,58)(H,60,61)/t29-,30+,33-,34+,35-,36?,37+,39?,40-,41-,42+/m0/s1. The highest BCUT2D eigenvalue weighted by molar-refractivity contribution is 5.92. The normalized spacial score (nSPS) is 22.6. The Morgan fingerprint density at radius 2 is 1.61 bits per heavy atom. The fourth-order valence-corrected chi connectivity index (χ4v) is 10.3. The third kappa shape index (κ3) is 10.6. The summed E-state index contributed by atoms with van der Waals surface area (Å²) >= 11 is 0. The summed E-state index contributed by atoms with van der Waals surface area (Å²) in [5, 5.41) is 24.7. The van der Waals surface area contributed by atoms with Crippen molar-refractivity contribution < 1.29 is 43.0 Å². The Balaban J connectivity index is 1.15. The summed E-state index contributed by atoms with van der Waals surface area (Å²) in [4.78, 5) is 73.7. The van der Waals surface area contributed by atoms with Crippen molar-refractivity contribution in [2.24, 2.45) is 23.7 Å². The zero-order valence-electron chi connectivity index (χ0n) is 38.5. The molecule has 11 atom stereocenters. The van der Waals surface area contributed by atoms with Crippen LogP contribution in [0.5, 0.6) is 0 Å². The minimum absolute atomic E-state index is 0.0336. The molecule has 3 aromatic rings. The summed E-state index contributed by atoms with van der Waals surface area (Å²) in [5.41, 5.74) is 1.73. The van der Waals surface area contributed by atoms with Crippen LogP contribution in [0.4, 0.5) is 4.79 Å². The summed E-state index contributed by atoms with van der Waals surface area (Å²) in [6.45, 7) is 9.98. The summed E-state index contributed by atoms with van der Waals surface area (Å²) in [5.74, 6) is -1.82. The number of nitrogens with zero attached hydrogens (tertiary/aromatic N) is 5. The molecule has 64 heavy (non-hydrogen) atoms. The summed E-state index contributed by atoms with van der Waals surface area (Å²) < 4.78 is 18.3. The molecule has 2 saturated heterocycles. The second-order valence-corrected chi connectivity index (χ2v) is 18.2. The van der Waals surface area contributed by atoms with Gasteiger partial charge in [0.2, 0.25) is 35.4 Å². The van der Waals surface area contributed by atoms with Crippen molar-refractivity contribution in [3.05, 3.63) is 72.1 Å². The van der Waals surface area contributed by atoms with E-state index in [0.717, 1.165) is 24.0 Å². The molecular formula is C48H67N7O9. The number of carbonyl (C=O) groups is 5. The second kappa shape index (κ2) is 21.6. The average molecular weight is 886 g/mol. The van der Waals surface area contributed by atoms with Gasteiger partial charge in [0.05, 0.1) is 36.6 Å². The molecule has 1 aromatic heterocycles. The largest absolute Gasteiger partial charge is 0.465 e. The molecule has 16 heteroatoms. The maximum absolute atomic E-state index is 14.5. The van der Waals surface area contributed by atoms with E-state index in [0.29, 0.717) is 44.5 Å². The molecule has 2 unspecified atom stereocenters. The molecule has 16 nitrogen and oxygen atoms in total. The van der Waals surface area contributed by atoms with Gasteiger partial charge in [0.1, 0.15) is 18.1 Å². The number of carboxylic acid groups (broad SMARTS) is 1. The number of hydrogen-bond donors (Lipinski definition) is 3. The Morgan fingerprint density at radius 1 is 0.922 bits per heavy atom. The number of rotatable bonds is 20. The molecule has 3 fully saturated rings. The maximum Gasteiger partial charge on any atom is 0.408 e. The van der Waals surface area contributed by atoms with E-state index in [1.165, 1.54) is 12.0 Å². The molecule has 3 aliphatic rings. The van der Waals surface area contributed by atoms with E-state index < -0.39 is 60.3 Å². The first-order valence-corrected chi connectivity index (χ1v) is 22.8. The van der Waals surface area contributed by atoms with Gasteiger partial charge in [-0.15, -0.1) is 10.2 Å². The molecule has 2 bridgehead atoms. The van der Waals surface area contributed by atoms with Crippen molar-refractivity contribution in [2.45, 2.75) is 134 Å². The van der Waals surface area contributed by atoms with Gasteiger partial charge in [-0.2, -0.15) is 0 Å². The fraction of sp³-hybridized carbons (Fsp3) is 0.604. The van der Waals surface area contributed by atoms with Gasteiger partial charge in [-0.3, -0.25) is 24.1 Å². The van der Waals surface area contributed by atoms with Crippen LogP contribution in [0.15, 0.2) is 65.1 Å². The number of nitrogens with one attached hydrogen (secondary N) is 2. The van der Waals surface area contributed by atoms with Crippen LogP contribution in [0.2, 0.25) is 0 Å². The van der Waals surface area contributed by atoms with Crippen molar-refractivity contribution in [3.63, 3.8) is 0 Å². The number of likely N-dealkylation sites (N-methyl/N-ethyl adjacent to an activating group) is 1. The molecule has 2 aromatic carbocycles. The van der Waals surface area contributed by atoms with Crippen molar-refractivity contribution >= 4 is 29.7 Å². The lowest BCUT2D eigenvalue weighted by atomic mass is 9.89. The van der Waals surface area contributed by atoms with Gasteiger partial charge >= 0.3 is 6.09 Å². The highest BCUT2D eigenvalue weighted by Crippen LogP contribution is 2.42. The molecule has 0 spiro atoms. The number of amides is 5. The van der Waals surface area contributed by atoms with Crippen LogP contribution in [0.25, 0.3) is 11.5 Å². The van der Waals surface area contributed by atoms with Gasteiger partial charge in [0.15, 0.2) is 0 Å². The molecule has 5 amide bonds. The zero-order valence-corrected chi connectivity index (χ0v) is 38.5. The molecule has 1 aliphatic carbocycles. The molecule has 0 radical (unpaired) electrons. The Morgan fingerprint density at radius 3 is 2.23 bits per heavy atom. The third-order valence-corrected chi connectivity index (χ3v) is 13.9. The molecule has 6 rings (SSSR count). The van der Waals surface area contributed by atoms with Crippen LogP contribution < -0.4 is 10.6 Å². The average Bonchev–Trinajstić information content (AvgIpc) is 4.14. The van der Waals surface area contributed by atoms with E-state index in [4.69, 9.17) is 13.9 Å². The topological polar surface area (TPSA) is 197 Å². The summed E-state index contributed by atoms with van der Waals surface area (Å²) in [6, 6.07) is 15.6. The first kappa shape index (κ1) is 48.1. The smallest absolute Gasteiger partial charge is 0.408 e. The van der Waals surface area contributed by atoms with Crippen molar-refractivity contribution in [1.82, 2.24) is 35.5 Å². The summed E-state index contributed by atoms with van der Waals surface area (Å²) in [7, 11) is 4.77. The van der Waals surface area contributed by atoms with Gasteiger partial charge in [-0.1, -0.05) is 89.6 Å². The van der Waals surface area contributed by atoms with Gasteiger partial charge in [0, 0.05) is 45.8 Å². The van der Waals surface area contributed by atoms with Gasteiger partial charge < -0.3 is 39.4 Å². The fourth-order valence-electron chi connectivity index (χ4n) is 10.3. The lowest BCUT2D eigenvalue weighted by molar-refractivity contribution is -0.148. The van der Waals surface area contributed by atoms with E-state index in [2.05, 4.69) is 20.8 Å². The Bertz CT molecular complexity index is 2050. The number of carbonyl (C=O) groups excluding carboxylic acids is 4. The lowest BCUT2D eigenvalue weighted by Gasteiger charge is -2.41. The van der Waals surface area contributed by atoms with E-state index in [1.54, 1.807) is 30.9 Å². The lowest BCUT2D eigenvalue weighted by Crippen LogP contribution is -2.60. The van der Waals surface area contributed by atoms with Crippen molar-refractivity contribution in [2.75, 3.05) is 27.8 Å². The van der Waals surface area contributed by atoms with E-state index in [9.17, 15) is 29.1 Å². The highest BCUT2D eigenvalue weighted by Gasteiger charge is 2.52. The van der Waals surface area contributed by atoms with Gasteiger partial charge in [-0.05, 0) is 67.6 Å². The SMILES string of the molecule is CC[C@H](C)[C@@H]([C@@H](CC(=O)N1CCCC1[C@H](OC)[C@@H](C)C(=O)N[C@@H](Cc1ccccc1)c1nnc(-c2ccccc2)o1)OC)N(C)C(=O)C(NC(=O)[C@@H]1[C@H]2CC[C@H](C2)N1C(=O)O)C(C)C. The number of piperidine rings is 1. The second-order valence-electron chi connectivity index (χ2n) is 18.2. The van der Waals surface area contributed by atoms with Crippen LogP contribution in [-0.2, 0) is 35.1 Å². The van der Waals surface area contributed by atoms with E-state index in [1.807, 2.05) is 88.4 Å². The molecule has 3 N–H and O–H groups in total. The van der Waals surface area contributed by atoms with Crippen LogP contribution in [0, 0.1) is 23.7 Å². The highest BCUT2D eigenvalue weighted by atomic mass is 16.5. The Hall–Kier alpha value is -5.35. The number of fused-ring (bicyclic) bond motifs is 2. The van der Waals surface area contributed by atoms with Crippen LogP contribution in [-0.4, -0.2) is 130 Å². The third-order valence-electron chi connectivity index (χ3n) is 13.9. The number of hydrogen-bond acceptors (Lipinski definition) is 10. The maximum atomic E-state index is 14.5.